The smallest absolute Gasteiger partial charge is 0.306 e. The zero-order valence-electron chi connectivity index (χ0n) is 17.6. The topological polar surface area (TPSA) is 67.7 Å². The fourth-order valence-corrected chi connectivity index (χ4v) is 4.38. The number of para-hydroxylation sites is 1. The highest BCUT2D eigenvalue weighted by atomic mass is 19.3. The van der Waals surface area contributed by atoms with Gasteiger partial charge in [0.25, 0.3) is 11.5 Å². The third-order valence-electron chi connectivity index (χ3n) is 5.98. The van der Waals surface area contributed by atoms with Gasteiger partial charge in [-0.05, 0) is 12.1 Å². The number of benzene rings is 1. The molecule has 0 unspecified atom stereocenters. The zero-order valence-corrected chi connectivity index (χ0v) is 17.6. The van der Waals surface area contributed by atoms with Crippen molar-refractivity contribution in [2.45, 2.75) is 12.5 Å². The van der Waals surface area contributed by atoms with Gasteiger partial charge in [-0.25, -0.2) is 4.98 Å². The van der Waals surface area contributed by atoms with Crippen LogP contribution in [0.15, 0.2) is 47.4 Å². The fraction of sp³-hybridized carbons (Fsp3) is 0.348. The number of halogens is 2. The summed E-state index contributed by atoms with van der Waals surface area (Å²) in [4.78, 5) is 33.1. The molecule has 2 aliphatic heterocycles. The Balaban J connectivity index is 1.47. The van der Waals surface area contributed by atoms with Gasteiger partial charge in [-0.15, -0.1) is 0 Å². The number of amides is 1. The first kappa shape index (κ1) is 20.6. The van der Waals surface area contributed by atoms with Crippen molar-refractivity contribution in [3.8, 4) is 0 Å². The minimum absolute atomic E-state index is 0.0167. The van der Waals surface area contributed by atoms with Crippen LogP contribution in [0, 0.1) is 0 Å². The standard InChI is InChI=1S/C23H22F2N4O3/c1-27-12-16-13-29(21(30)19(16)20(22(27)31)28-8-10-32-11-9-28)14-23(24,25)18-7-6-15-4-2-3-5-17(15)26-18/h2-7,12H,8-11,13-14H2,1H3. The van der Waals surface area contributed by atoms with Crippen LogP contribution in [0.25, 0.3) is 10.9 Å². The van der Waals surface area contributed by atoms with Crippen molar-refractivity contribution in [1.29, 1.82) is 0 Å². The van der Waals surface area contributed by atoms with E-state index in [1.165, 1.54) is 10.6 Å². The Kier molecular flexibility index (Phi) is 4.93. The van der Waals surface area contributed by atoms with Gasteiger partial charge in [-0.1, -0.05) is 24.3 Å². The predicted molar refractivity (Wildman–Crippen MR) is 115 cm³/mol. The second-order valence-electron chi connectivity index (χ2n) is 8.15. The van der Waals surface area contributed by atoms with Crippen LogP contribution in [0.3, 0.4) is 0 Å². The van der Waals surface area contributed by atoms with Gasteiger partial charge in [-0.2, -0.15) is 8.78 Å². The number of alkyl halides is 2. The summed E-state index contributed by atoms with van der Waals surface area (Å²) in [5.74, 6) is -3.90. The van der Waals surface area contributed by atoms with Gasteiger partial charge in [0.15, 0.2) is 0 Å². The van der Waals surface area contributed by atoms with Crippen molar-refractivity contribution in [1.82, 2.24) is 14.5 Å². The van der Waals surface area contributed by atoms with Gasteiger partial charge in [0.2, 0.25) is 0 Å². The number of carbonyl (C=O) groups is 1. The van der Waals surface area contributed by atoms with E-state index in [9.17, 15) is 9.59 Å². The number of fused-ring (bicyclic) bond motifs is 2. The van der Waals surface area contributed by atoms with E-state index in [-0.39, 0.29) is 29.0 Å². The van der Waals surface area contributed by atoms with Crippen LogP contribution in [0.5, 0.6) is 0 Å². The van der Waals surface area contributed by atoms with Gasteiger partial charge in [-0.3, -0.25) is 9.59 Å². The lowest BCUT2D eigenvalue weighted by atomic mass is 10.1. The van der Waals surface area contributed by atoms with Gasteiger partial charge >= 0.3 is 5.92 Å². The molecule has 0 spiro atoms. The van der Waals surface area contributed by atoms with Gasteiger partial charge in [0.1, 0.15) is 11.4 Å². The summed E-state index contributed by atoms with van der Waals surface area (Å²) in [5, 5.41) is 0.766. The first-order valence-electron chi connectivity index (χ1n) is 10.4. The van der Waals surface area contributed by atoms with Gasteiger partial charge in [0.05, 0.1) is 30.8 Å². The molecule has 1 amide bonds. The number of aryl methyl sites for hydroxylation is 1. The van der Waals surface area contributed by atoms with Crippen LogP contribution >= 0.6 is 0 Å². The molecular weight excluding hydrogens is 418 g/mol. The molecule has 3 aromatic rings. The number of anilines is 1. The summed E-state index contributed by atoms with van der Waals surface area (Å²) in [7, 11) is 1.60. The van der Waals surface area contributed by atoms with Crippen molar-refractivity contribution in [2.75, 3.05) is 37.7 Å². The number of ether oxygens (including phenoxy) is 1. The lowest BCUT2D eigenvalue weighted by molar-refractivity contribution is -0.0359. The molecule has 2 aromatic heterocycles. The molecule has 7 nitrogen and oxygen atoms in total. The molecule has 166 valence electrons. The van der Waals surface area contributed by atoms with Crippen LogP contribution < -0.4 is 10.5 Å². The maximum atomic E-state index is 15.2. The molecule has 5 rings (SSSR count). The van der Waals surface area contributed by atoms with Crippen LogP contribution in [0.2, 0.25) is 0 Å². The Morgan fingerprint density at radius 1 is 1.09 bits per heavy atom. The molecule has 0 aliphatic carbocycles. The summed E-state index contributed by atoms with van der Waals surface area (Å²) in [5.41, 5.74) is 0.830. The van der Waals surface area contributed by atoms with Crippen LogP contribution in [-0.2, 0) is 24.3 Å². The minimum atomic E-state index is -3.34. The molecule has 0 atom stereocenters. The quantitative estimate of drug-likeness (QED) is 0.624. The summed E-state index contributed by atoms with van der Waals surface area (Å²) < 4.78 is 37.1. The molecule has 0 N–H and O–H groups in total. The Morgan fingerprint density at radius 2 is 1.84 bits per heavy atom. The van der Waals surface area contributed by atoms with Crippen molar-refractivity contribution in [3.05, 3.63) is 69.8 Å². The van der Waals surface area contributed by atoms with Crippen molar-refractivity contribution >= 4 is 22.5 Å². The van der Waals surface area contributed by atoms with Gasteiger partial charge in [0, 0.05) is 43.8 Å². The van der Waals surface area contributed by atoms with Gasteiger partial charge < -0.3 is 19.1 Å². The Morgan fingerprint density at radius 3 is 2.62 bits per heavy atom. The first-order chi connectivity index (χ1) is 15.3. The van der Waals surface area contributed by atoms with E-state index in [0.717, 1.165) is 10.3 Å². The number of nitrogens with zero attached hydrogens (tertiary/aromatic N) is 4. The average molecular weight is 440 g/mol. The third-order valence-corrected chi connectivity index (χ3v) is 5.98. The zero-order chi connectivity index (χ0) is 22.5. The van der Waals surface area contributed by atoms with Crippen molar-refractivity contribution in [2.24, 2.45) is 7.05 Å². The summed E-state index contributed by atoms with van der Waals surface area (Å²) in [6.07, 6.45) is 1.56. The molecule has 1 fully saturated rings. The monoisotopic (exact) mass is 440 g/mol. The van der Waals surface area contributed by atoms with Crippen molar-refractivity contribution < 1.29 is 18.3 Å². The Hall–Kier alpha value is -3.33. The Bertz CT molecular complexity index is 1270. The maximum absolute atomic E-state index is 15.2. The summed E-state index contributed by atoms with van der Waals surface area (Å²) in [6.45, 7) is 1.02. The number of carbonyl (C=O) groups excluding carboxylic acids is 1. The van der Waals surface area contributed by atoms with Crippen LogP contribution in [-0.4, -0.2) is 53.2 Å². The molecular formula is C23H22F2N4O3. The summed E-state index contributed by atoms with van der Waals surface area (Å²) >= 11 is 0. The maximum Gasteiger partial charge on any atom is 0.306 e. The molecule has 32 heavy (non-hydrogen) atoms. The molecule has 4 heterocycles. The number of pyridine rings is 2. The van der Waals surface area contributed by atoms with E-state index in [2.05, 4.69) is 4.98 Å². The fourth-order valence-electron chi connectivity index (χ4n) is 4.38. The molecule has 1 saturated heterocycles. The Labute approximate surface area is 182 Å². The second kappa shape index (κ2) is 7.67. The molecule has 0 saturated carbocycles. The van der Waals surface area contributed by atoms with Crippen LogP contribution in [0.1, 0.15) is 21.6 Å². The third kappa shape index (κ3) is 3.42. The second-order valence-corrected chi connectivity index (χ2v) is 8.15. The van der Waals surface area contributed by atoms with E-state index < -0.39 is 18.4 Å². The average Bonchev–Trinajstić information content (AvgIpc) is 3.08. The highest BCUT2D eigenvalue weighted by Crippen LogP contribution is 2.35. The largest absolute Gasteiger partial charge is 0.378 e. The molecule has 1 aromatic carbocycles. The molecule has 9 heteroatoms. The first-order valence-corrected chi connectivity index (χ1v) is 10.4. The van der Waals surface area contributed by atoms with E-state index in [0.29, 0.717) is 37.4 Å². The van der Waals surface area contributed by atoms with E-state index in [4.69, 9.17) is 4.74 Å². The molecule has 2 aliphatic rings. The van der Waals surface area contributed by atoms with Crippen molar-refractivity contribution in [3.63, 3.8) is 0 Å². The minimum Gasteiger partial charge on any atom is -0.378 e. The normalized spacial score (nSPS) is 16.7. The number of aromatic nitrogens is 2. The highest BCUT2D eigenvalue weighted by Gasteiger charge is 2.42. The number of hydrogen-bond acceptors (Lipinski definition) is 5. The summed E-state index contributed by atoms with van der Waals surface area (Å²) in [6, 6.07) is 9.94. The lowest BCUT2D eigenvalue weighted by Crippen LogP contribution is -2.42. The number of hydrogen-bond donors (Lipinski definition) is 0. The SMILES string of the molecule is Cn1cc2c(c(N3CCOCC3)c1=O)C(=O)N(CC(F)(F)c1ccc3ccccc3n1)C2. The molecule has 0 bridgehead atoms. The number of rotatable bonds is 4. The van der Waals surface area contributed by atoms with E-state index in [1.807, 2.05) is 11.0 Å². The van der Waals surface area contributed by atoms with E-state index in [1.54, 1.807) is 37.5 Å². The highest BCUT2D eigenvalue weighted by molar-refractivity contribution is 6.03. The predicted octanol–water partition coefficient (Wildman–Crippen LogP) is 2.52. The lowest BCUT2D eigenvalue weighted by Gasteiger charge is -2.29. The number of morpholine rings is 1. The van der Waals surface area contributed by atoms with E-state index >= 15 is 8.78 Å². The van der Waals surface area contributed by atoms with Crippen LogP contribution in [0.4, 0.5) is 14.5 Å². The molecule has 0 radical (unpaired) electrons.